The average molecular weight is 297 g/mol. The van der Waals surface area contributed by atoms with Gasteiger partial charge in [-0.1, -0.05) is 22.0 Å². The van der Waals surface area contributed by atoms with Crippen LogP contribution in [-0.4, -0.2) is 24.5 Å². The number of halogens is 1. The zero-order chi connectivity index (χ0) is 12.4. The fourth-order valence-electron chi connectivity index (χ4n) is 2.15. The number of carbonyl (C=O) groups is 1. The Morgan fingerprint density at radius 3 is 2.88 bits per heavy atom. The fourth-order valence-corrected chi connectivity index (χ4v) is 2.54. The zero-order valence-corrected chi connectivity index (χ0v) is 11.7. The van der Waals surface area contributed by atoms with Crippen molar-refractivity contribution in [3.63, 3.8) is 0 Å². The van der Waals surface area contributed by atoms with E-state index in [1.165, 1.54) is 0 Å². The lowest BCUT2D eigenvalue weighted by molar-refractivity contribution is -0.119. The molecule has 1 aromatic rings. The lowest BCUT2D eigenvalue weighted by Gasteiger charge is -2.22. The summed E-state index contributed by atoms with van der Waals surface area (Å²) in [5.74, 6) is 0.146. The van der Waals surface area contributed by atoms with Crippen LogP contribution in [0.2, 0.25) is 0 Å². The highest BCUT2D eigenvalue weighted by atomic mass is 79.9. The Bertz CT molecular complexity index is 422. The van der Waals surface area contributed by atoms with E-state index in [1.54, 1.807) is 0 Å². The molecule has 0 spiro atoms. The molecule has 17 heavy (non-hydrogen) atoms. The quantitative estimate of drug-likeness (QED) is 0.864. The molecule has 1 N–H and O–H groups in total. The van der Waals surface area contributed by atoms with Crippen molar-refractivity contribution in [2.75, 3.05) is 11.4 Å². The first-order valence-electron chi connectivity index (χ1n) is 5.91. The number of nitrogens with one attached hydrogen (secondary N) is 1. The normalized spacial score (nSPS) is 25.8. The van der Waals surface area contributed by atoms with Crippen LogP contribution in [0, 0.1) is 0 Å². The maximum atomic E-state index is 12.3. The first-order chi connectivity index (χ1) is 8.08. The number of benzene rings is 1. The second-order valence-corrected chi connectivity index (χ2v) is 5.46. The van der Waals surface area contributed by atoms with Gasteiger partial charge in [0.2, 0.25) is 5.91 Å². The minimum absolute atomic E-state index is 0.119. The van der Waals surface area contributed by atoms with Gasteiger partial charge in [-0.3, -0.25) is 4.79 Å². The highest BCUT2D eigenvalue weighted by molar-refractivity contribution is 9.10. The Labute approximate surface area is 110 Å². The molecule has 4 heteroatoms. The maximum absolute atomic E-state index is 12.3. The number of carbonyl (C=O) groups excluding carboxylic acids is 1. The summed E-state index contributed by atoms with van der Waals surface area (Å²) in [6, 6.07) is 8.15. The first-order valence-corrected chi connectivity index (χ1v) is 6.70. The molecular weight excluding hydrogens is 280 g/mol. The second kappa shape index (κ2) is 5.19. The summed E-state index contributed by atoms with van der Waals surface area (Å²) in [7, 11) is 0. The van der Waals surface area contributed by atoms with Gasteiger partial charge in [0.05, 0.1) is 6.04 Å². The lowest BCUT2D eigenvalue weighted by atomic mass is 10.2. The SMILES string of the molecule is CC1CCN(c2cccc(Br)c2)C(=O)C(C)N1. The van der Waals surface area contributed by atoms with Gasteiger partial charge >= 0.3 is 0 Å². The summed E-state index contributed by atoms with van der Waals surface area (Å²) < 4.78 is 1.00. The van der Waals surface area contributed by atoms with Crippen LogP contribution in [0.3, 0.4) is 0 Å². The predicted octanol–water partition coefficient (Wildman–Crippen LogP) is 2.55. The van der Waals surface area contributed by atoms with Crippen molar-refractivity contribution in [3.05, 3.63) is 28.7 Å². The van der Waals surface area contributed by atoms with Crippen LogP contribution >= 0.6 is 15.9 Å². The minimum atomic E-state index is -0.119. The molecule has 1 saturated heterocycles. The topological polar surface area (TPSA) is 32.3 Å². The van der Waals surface area contributed by atoms with Gasteiger partial charge in [0.15, 0.2) is 0 Å². The van der Waals surface area contributed by atoms with E-state index in [0.717, 1.165) is 23.1 Å². The van der Waals surface area contributed by atoms with Crippen molar-refractivity contribution in [3.8, 4) is 0 Å². The molecule has 0 saturated carbocycles. The number of nitrogens with zero attached hydrogens (tertiary/aromatic N) is 1. The Hall–Kier alpha value is -0.870. The largest absolute Gasteiger partial charge is 0.311 e. The number of anilines is 1. The van der Waals surface area contributed by atoms with E-state index in [0.29, 0.717) is 6.04 Å². The molecule has 1 aliphatic rings. The van der Waals surface area contributed by atoms with Gasteiger partial charge in [0.25, 0.3) is 0 Å². The maximum Gasteiger partial charge on any atom is 0.243 e. The molecule has 0 aliphatic carbocycles. The summed E-state index contributed by atoms with van der Waals surface area (Å²) in [5, 5.41) is 3.30. The molecule has 1 aromatic carbocycles. The minimum Gasteiger partial charge on any atom is -0.311 e. The van der Waals surface area contributed by atoms with E-state index in [4.69, 9.17) is 0 Å². The van der Waals surface area contributed by atoms with E-state index < -0.39 is 0 Å². The molecule has 0 bridgehead atoms. The van der Waals surface area contributed by atoms with Crippen LogP contribution in [0.15, 0.2) is 28.7 Å². The molecule has 3 nitrogen and oxygen atoms in total. The molecule has 1 amide bonds. The molecule has 1 heterocycles. The van der Waals surface area contributed by atoms with Gasteiger partial charge in [0, 0.05) is 22.7 Å². The highest BCUT2D eigenvalue weighted by Gasteiger charge is 2.26. The van der Waals surface area contributed by atoms with Crippen molar-refractivity contribution in [1.82, 2.24) is 5.32 Å². The van der Waals surface area contributed by atoms with Gasteiger partial charge < -0.3 is 10.2 Å². The van der Waals surface area contributed by atoms with Crippen LogP contribution < -0.4 is 10.2 Å². The average Bonchev–Trinajstić information content (AvgIpc) is 2.40. The summed E-state index contributed by atoms with van der Waals surface area (Å²) in [6.07, 6.45) is 0.975. The Kier molecular flexibility index (Phi) is 3.84. The summed E-state index contributed by atoms with van der Waals surface area (Å²) in [6.45, 7) is 4.82. The lowest BCUT2D eigenvalue weighted by Crippen LogP contribution is -2.43. The van der Waals surface area contributed by atoms with E-state index in [1.807, 2.05) is 36.1 Å². The first kappa shape index (κ1) is 12.6. The molecule has 2 rings (SSSR count). The third-order valence-electron chi connectivity index (χ3n) is 3.08. The number of hydrogen-bond acceptors (Lipinski definition) is 2. The van der Waals surface area contributed by atoms with Crippen LogP contribution in [-0.2, 0) is 4.79 Å². The van der Waals surface area contributed by atoms with Crippen LogP contribution in [0.1, 0.15) is 20.3 Å². The van der Waals surface area contributed by atoms with Gasteiger partial charge in [-0.2, -0.15) is 0 Å². The van der Waals surface area contributed by atoms with Crippen LogP contribution in [0.5, 0.6) is 0 Å². The van der Waals surface area contributed by atoms with Crippen molar-refractivity contribution in [1.29, 1.82) is 0 Å². The molecule has 0 radical (unpaired) electrons. The van der Waals surface area contributed by atoms with Crippen molar-refractivity contribution < 1.29 is 4.79 Å². The number of rotatable bonds is 1. The smallest absolute Gasteiger partial charge is 0.243 e. The Morgan fingerprint density at radius 1 is 1.41 bits per heavy atom. The van der Waals surface area contributed by atoms with Crippen molar-refractivity contribution in [2.24, 2.45) is 0 Å². The third kappa shape index (κ3) is 2.87. The summed E-state index contributed by atoms with van der Waals surface area (Å²) in [4.78, 5) is 14.1. The second-order valence-electron chi connectivity index (χ2n) is 4.55. The molecule has 0 aromatic heterocycles. The number of hydrogen-bond donors (Lipinski definition) is 1. The zero-order valence-electron chi connectivity index (χ0n) is 10.1. The fraction of sp³-hybridized carbons (Fsp3) is 0.462. The Balaban J connectivity index is 2.27. The predicted molar refractivity (Wildman–Crippen MR) is 73.2 cm³/mol. The molecule has 1 fully saturated rings. The highest BCUT2D eigenvalue weighted by Crippen LogP contribution is 2.22. The van der Waals surface area contributed by atoms with Gasteiger partial charge in [-0.15, -0.1) is 0 Å². The molecular formula is C13H17BrN2O. The monoisotopic (exact) mass is 296 g/mol. The standard InChI is InChI=1S/C13H17BrN2O/c1-9-6-7-16(13(17)10(2)15-9)12-5-3-4-11(14)8-12/h3-5,8-10,15H,6-7H2,1-2H3. The summed E-state index contributed by atoms with van der Waals surface area (Å²) >= 11 is 3.44. The molecule has 2 atom stereocenters. The van der Waals surface area contributed by atoms with Crippen LogP contribution in [0.4, 0.5) is 5.69 Å². The van der Waals surface area contributed by atoms with E-state index in [9.17, 15) is 4.79 Å². The van der Waals surface area contributed by atoms with Gasteiger partial charge in [-0.25, -0.2) is 0 Å². The third-order valence-corrected chi connectivity index (χ3v) is 3.57. The van der Waals surface area contributed by atoms with E-state index >= 15 is 0 Å². The van der Waals surface area contributed by atoms with Crippen molar-refractivity contribution in [2.45, 2.75) is 32.4 Å². The molecule has 92 valence electrons. The van der Waals surface area contributed by atoms with Gasteiger partial charge in [0.1, 0.15) is 0 Å². The Morgan fingerprint density at radius 2 is 2.18 bits per heavy atom. The van der Waals surface area contributed by atoms with Crippen molar-refractivity contribution >= 4 is 27.5 Å². The van der Waals surface area contributed by atoms with Crippen LogP contribution in [0.25, 0.3) is 0 Å². The van der Waals surface area contributed by atoms with E-state index in [-0.39, 0.29) is 11.9 Å². The summed E-state index contributed by atoms with van der Waals surface area (Å²) in [5.41, 5.74) is 0.965. The number of amides is 1. The van der Waals surface area contributed by atoms with E-state index in [2.05, 4.69) is 28.2 Å². The molecule has 2 unspecified atom stereocenters. The van der Waals surface area contributed by atoms with Gasteiger partial charge in [-0.05, 0) is 38.5 Å². The molecule has 1 aliphatic heterocycles.